The summed E-state index contributed by atoms with van der Waals surface area (Å²) in [5, 5.41) is 9.72. The molecule has 0 bridgehead atoms. The zero-order chi connectivity index (χ0) is 14.0. The number of aromatic carboxylic acids is 1. The van der Waals surface area contributed by atoms with Crippen LogP contribution in [0.3, 0.4) is 0 Å². The van der Waals surface area contributed by atoms with Crippen molar-refractivity contribution >= 4 is 34.9 Å². The van der Waals surface area contributed by atoms with Crippen LogP contribution in [0.1, 0.15) is 10.4 Å². The van der Waals surface area contributed by atoms with Crippen LogP contribution in [-0.4, -0.2) is 11.1 Å². The standard InChI is InChI=1S/C13H9Cl2NO3/c14-7-2-1-3-9(4-7)19-12-10(13(17)18)5-8(16)6-11(12)15/h1-6H,16H2,(H,17,18). The van der Waals surface area contributed by atoms with Gasteiger partial charge < -0.3 is 15.6 Å². The minimum absolute atomic E-state index is 0.0330. The van der Waals surface area contributed by atoms with Crippen LogP contribution in [-0.2, 0) is 0 Å². The molecule has 3 N–H and O–H groups in total. The van der Waals surface area contributed by atoms with Gasteiger partial charge in [0.05, 0.1) is 5.02 Å². The van der Waals surface area contributed by atoms with Crippen molar-refractivity contribution in [2.45, 2.75) is 0 Å². The lowest BCUT2D eigenvalue weighted by Gasteiger charge is -2.11. The molecule has 4 nitrogen and oxygen atoms in total. The second-order valence-corrected chi connectivity index (χ2v) is 4.59. The number of halogens is 2. The number of carbonyl (C=O) groups is 1. The molecule has 0 aliphatic heterocycles. The zero-order valence-corrected chi connectivity index (χ0v) is 11.1. The summed E-state index contributed by atoms with van der Waals surface area (Å²) in [6, 6.07) is 9.27. The molecule has 98 valence electrons. The second kappa shape index (κ2) is 5.38. The van der Waals surface area contributed by atoms with Crippen LogP contribution in [0.2, 0.25) is 10.0 Å². The van der Waals surface area contributed by atoms with E-state index in [2.05, 4.69) is 0 Å². The van der Waals surface area contributed by atoms with Gasteiger partial charge in [0.15, 0.2) is 5.75 Å². The molecular weight excluding hydrogens is 289 g/mol. The van der Waals surface area contributed by atoms with Crippen LogP contribution in [0.4, 0.5) is 5.69 Å². The van der Waals surface area contributed by atoms with Crippen LogP contribution in [0.5, 0.6) is 11.5 Å². The van der Waals surface area contributed by atoms with Gasteiger partial charge in [-0.05, 0) is 30.3 Å². The first-order chi connectivity index (χ1) is 8.97. The van der Waals surface area contributed by atoms with Crippen molar-refractivity contribution in [3.05, 3.63) is 52.0 Å². The lowest BCUT2D eigenvalue weighted by atomic mass is 10.2. The summed E-state index contributed by atoms with van der Waals surface area (Å²) in [6.45, 7) is 0. The maximum Gasteiger partial charge on any atom is 0.339 e. The average molecular weight is 298 g/mol. The Morgan fingerprint density at radius 1 is 1.21 bits per heavy atom. The number of rotatable bonds is 3. The van der Waals surface area contributed by atoms with Crippen molar-refractivity contribution in [1.82, 2.24) is 0 Å². The smallest absolute Gasteiger partial charge is 0.339 e. The minimum Gasteiger partial charge on any atom is -0.478 e. The van der Waals surface area contributed by atoms with Crippen molar-refractivity contribution < 1.29 is 14.6 Å². The molecule has 0 aromatic heterocycles. The highest BCUT2D eigenvalue weighted by molar-refractivity contribution is 6.33. The molecular formula is C13H9Cl2NO3. The zero-order valence-electron chi connectivity index (χ0n) is 9.56. The van der Waals surface area contributed by atoms with Crippen LogP contribution >= 0.6 is 23.2 Å². The van der Waals surface area contributed by atoms with Crippen molar-refractivity contribution in [3.63, 3.8) is 0 Å². The Hall–Kier alpha value is -1.91. The quantitative estimate of drug-likeness (QED) is 0.838. The molecule has 0 fully saturated rings. The Morgan fingerprint density at radius 2 is 1.95 bits per heavy atom. The predicted octanol–water partition coefficient (Wildman–Crippen LogP) is 4.07. The highest BCUT2D eigenvalue weighted by Gasteiger charge is 2.17. The molecule has 0 radical (unpaired) electrons. The number of carboxylic acids is 1. The normalized spacial score (nSPS) is 10.2. The fourth-order valence-corrected chi connectivity index (χ4v) is 1.97. The third-order valence-corrected chi connectivity index (χ3v) is 2.83. The Morgan fingerprint density at radius 3 is 2.58 bits per heavy atom. The van der Waals surface area contributed by atoms with Gasteiger partial charge >= 0.3 is 5.97 Å². The van der Waals surface area contributed by atoms with Crippen molar-refractivity contribution in [1.29, 1.82) is 0 Å². The van der Waals surface area contributed by atoms with E-state index in [9.17, 15) is 4.79 Å². The van der Waals surface area contributed by atoms with Gasteiger partial charge in [0, 0.05) is 10.7 Å². The van der Waals surface area contributed by atoms with Gasteiger partial charge in [0.1, 0.15) is 11.3 Å². The van der Waals surface area contributed by atoms with Crippen LogP contribution in [0, 0.1) is 0 Å². The fraction of sp³-hybridized carbons (Fsp3) is 0. The first kappa shape index (κ1) is 13.5. The first-order valence-corrected chi connectivity index (χ1v) is 5.98. The monoisotopic (exact) mass is 297 g/mol. The van der Waals surface area contributed by atoms with E-state index in [1.54, 1.807) is 24.3 Å². The molecule has 0 saturated carbocycles. The third-order valence-electron chi connectivity index (χ3n) is 2.31. The molecule has 0 unspecified atom stereocenters. The Kier molecular flexibility index (Phi) is 3.83. The summed E-state index contributed by atoms with van der Waals surface area (Å²) in [5.41, 5.74) is 5.70. The van der Waals surface area contributed by atoms with E-state index in [1.807, 2.05) is 0 Å². The summed E-state index contributed by atoms with van der Waals surface area (Å²) in [5.74, 6) is -0.751. The van der Waals surface area contributed by atoms with Gasteiger partial charge in [-0.15, -0.1) is 0 Å². The third kappa shape index (κ3) is 3.10. The van der Waals surface area contributed by atoms with Gasteiger partial charge in [0.25, 0.3) is 0 Å². The molecule has 0 saturated heterocycles. The van der Waals surface area contributed by atoms with Crippen molar-refractivity contribution in [2.24, 2.45) is 0 Å². The summed E-state index contributed by atoms with van der Waals surface area (Å²) in [7, 11) is 0. The van der Waals surface area contributed by atoms with Crippen LogP contribution in [0.15, 0.2) is 36.4 Å². The summed E-state index contributed by atoms with van der Waals surface area (Å²) >= 11 is 11.8. The molecule has 6 heteroatoms. The first-order valence-electron chi connectivity index (χ1n) is 5.23. The maximum absolute atomic E-state index is 11.2. The molecule has 2 aromatic rings. The van der Waals surface area contributed by atoms with E-state index in [1.165, 1.54) is 12.1 Å². The molecule has 0 atom stereocenters. The van der Waals surface area contributed by atoms with Crippen LogP contribution in [0.25, 0.3) is 0 Å². The predicted molar refractivity (Wildman–Crippen MR) is 74.3 cm³/mol. The molecule has 0 amide bonds. The van der Waals surface area contributed by atoms with Crippen molar-refractivity contribution in [2.75, 3.05) is 5.73 Å². The molecule has 0 aliphatic carbocycles. The van der Waals surface area contributed by atoms with E-state index in [0.717, 1.165) is 0 Å². The SMILES string of the molecule is Nc1cc(Cl)c(Oc2cccc(Cl)c2)c(C(=O)O)c1. The lowest BCUT2D eigenvalue weighted by molar-refractivity contribution is 0.0694. The van der Waals surface area contributed by atoms with Crippen LogP contribution < -0.4 is 10.5 Å². The van der Waals surface area contributed by atoms with E-state index in [4.69, 9.17) is 38.8 Å². The number of nitrogens with two attached hydrogens (primary N) is 1. The number of benzene rings is 2. The number of hydrogen-bond acceptors (Lipinski definition) is 3. The van der Waals surface area contributed by atoms with Gasteiger partial charge in [-0.1, -0.05) is 29.3 Å². The molecule has 2 rings (SSSR count). The van der Waals surface area contributed by atoms with E-state index < -0.39 is 5.97 Å². The summed E-state index contributed by atoms with van der Waals surface area (Å²) in [6.07, 6.45) is 0. The topological polar surface area (TPSA) is 72.5 Å². The molecule has 0 spiro atoms. The van der Waals surface area contributed by atoms with E-state index >= 15 is 0 Å². The molecule has 19 heavy (non-hydrogen) atoms. The highest BCUT2D eigenvalue weighted by atomic mass is 35.5. The lowest BCUT2D eigenvalue weighted by Crippen LogP contribution is -2.02. The molecule has 2 aromatic carbocycles. The maximum atomic E-state index is 11.2. The summed E-state index contributed by atoms with van der Waals surface area (Å²) < 4.78 is 5.48. The number of carboxylic acid groups (broad SMARTS) is 1. The Balaban J connectivity index is 2.47. The Labute approximate surface area is 119 Å². The Bertz CT molecular complexity index is 644. The number of hydrogen-bond donors (Lipinski definition) is 2. The van der Waals surface area contributed by atoms with Gasteiger partial charge in [-0.25, -0.2) is 4.79 Å². The highest BCUT2D eigenvalue weighted by Crippen LogP contribution is 2.35. The fourth-order valence-electron chi connectivity index (χ4n) is 1.53. The average Bonchev–Trinajstić information content (AvgIpc) is 2.32. The van der Waals surface area contributed by atoms with E-state index in [-0.39, 0.29) is 22.0 Å². The minimum atomic E-state index is -1.17. The van der Waals surface area contributed by atoms with Gasteiger partial charge in [-0.2, -0.15) is 0 Å². The number of ether oxygens (including phenoxy) is 1. The largest absolute Gasteiger partial charge is 0.478 e. The second-order valence-electron chi connectivity index (χ2n) is 3.74. The van der Waals surface area contributed by atoms with Gasteiger partial charge in [-0.3, -0.25) is 0 Å². The molecule has 0 heterocycles. The molecule has 0 aliphatic rings. The number of nitrogen functional groups attached to an aromatic ring is 1. The van der Waals surface area contributed by atoms with Gasteiger partial charge in [0.2, 0.25) is 0 Å². The summed E-state index contributed by atoms with van der Waals surface area (Å²) in [4.78, 5) is 11.2. The van der Waals surface area contributed by atoms with Crippen molar-refractivity contribution in [3.8, 4) is 11.5 Å². The number of anilines is 1. The van der Waals surface area contributed by atoms with E-state index in [0.29, 0.717) is 10.8 Å².